The zero-order chi connectivity index (χ0) is 10.2. The van der Waals surface area contributed by atoms with Gasteiger partial charge in [-0.2, -0.15) is 5.10 Å². The van der Waals surface area contributed by atoms with Crippen LogP contribution in [0.1, 0.15) is 20.3 Å². The lowest BCUT2D eigenvalue weighted by Gasteiger charge is -2.25. The van der Waals surface area contributed by atoms with Gasteiger partial charge in [-0.25, -0.2) is 0 Å². The van der Waals surface area contributed by atoms with Crippen molar-refractivity contribution in [3.63, 3.8) is 0 Å². The molecule has 2 aromatic rings. The van der Waals surface area contributed by atoms with Crippen LogP contribution in [0.25, 0.3) is 10.9 Å². The Balaban J connectivity index is 2.64. The highest BCUT2D eigenvalue weighted by atomic mass is 15.3. The van der Waals surface area contributed by atoms with Crippen LogP contribution < -0.4 is 0 Å². The maximum atomic E-state index is 6.15. The molecular formula is C11H13BN2. The molecule has 0 amide bonds. The molecular weight excluding hydrogens is 171 g/mol. The lowest BCUT2D eigenvalue weighted by molar-refractivity contribution is 0.425. The maximum Gasteiger partial charge on any atom is 0.106 e. The second-order valence-corrected chi connectivity index (χ2v) is 3.83. The van der Waals surface area contributed by atoms with Gasteiger partial charge in [0.15, 0.2) is 0 Å². The van der Waals surface area contributed by atoms with Crippen molar-refractivity contribution in [3.05, 3.63) is 30.5 Å². The molecule has 1 unspecified atom stereocenters. The van der Waals surface area contributed by atoms with Crippen molar-refractivity contribution in [2.24, 2.45) is 0 Å². The van der Waals surface area contributed by atoms with Gasteiger partial charge in [-0.15, -0.1) is 0 Å². The van der Waals surface area contributed by atoms with Crippen LogP contribution in [0, 0.1) is 0 Å². The van der Waals surface area contributed by atoms with Gasteiger partial charge in [0.1, 0.15) is 7.85 Å². The monoisotopic (exact) mass is 184 g/mol. The van der Waals surface area contributed by atoms with Crippen molar-refractivity contribution in [1.29, 1.82) is 0 Å². The van der Waals surface area contributed by atoms with Gasteiger partial charge in [-0.1, -0.05) is 25.1 Å². The second kappa shape index (κ2) is 3.16. The highest BCUT2D eigenvalue weighted by molar-refractivity contribution is 6.13. The molecule has 1 aromatic carbocycles. The zero-order valence-corrected chi connectivity index (χ0v) is 8.57. The molecule has 1 heterocycles. The van der Waals surface area contributed by atoms with Crippen LogP contribution in [-0.2, 0) is 5.44 Å². The summed E-state index contributed by atoms with van der Waals surface area (Å²) in [6, 6.07) is 8.11. The molecule has 1 aromatic heterocycles. The van der Waals surface area contributed by atoms with Crippen LogP contribution >= 0.6 is 0 Å². The zero-order valence-electron chi connectivity index (χ0n) is 8.57. The first-order chi connectivity index (χ1) is 6.65. The highest BCUT2D eigenvalue weighted by Gasteiger charge is 2.19. The average Bonchev–Trinajstić information content (AvgIpc) is 2.61. The van der Waals surface area contributed by atoms with Gasteiger partial charge in [0.2, 0.25) is 0 Å². The number of para-hydroxylation sites is 1. The summed E-state index contributed by atoms with van der Waals surface area (Å²) >= 11 is 0. The van der Waals surface area contributed by atoms with Crippen LogP contribution in [0.4, 0.5) is 0 Å². The maximum absolute atomic E-state index is 6.15. The summed E-state index contributed by atoms with van der Waals surface area (Å²) in [6.07, 6.45) is 2.72. The van der Waals surface area contributed by atoms with Gasteiger partial charge >= 0.3 is 0 Å². The molecule has 70 valence electrons. The van der Waals surface area contributed by atoms with E-state index in [4.69, 9.17) is 7.85 Å². The van der Waals surface area contributed by atoms with Crippen LogP contribution in [0.2, 0.25) is 0 Å². The Morgan fingerprint density at radius 1 is 1.43 bits per heavy atom. The Morgan fingerprint density at radius 2 is 2.14 bits per heavy atom. The third kappa shape index (κ3) is 1.33. The van der Waals surface area contributed by atoms with Crippen molar-refractivity contribution in [3.8, 4) is 0 Å². The smallest absolute Gasteiger partial charge is 0.106 e. The molecule has 3 heteroatoms. The summed E-state index contributed by atoms with van der Waals surface area (Å²) in [4.78, 5) is 0. The van der Waals surface area contributed by atoms with Gasteiger partial charge in [0, 0.05) is 10.8 Å². The summed E-state index contributed by atoms with van der Waals surface area (Å²) in [6.45, 7) is 4.06. The first kappa shape index (κ1) is 9.32. The van der Waals surface area contributed by atoms with Crippen molar-refractivity contribution < 1.29 is 0 Å². The average molecular weight is 184 g/mol. The van der Waals surface area contributed by atoms with E-state index in [-0.39, 0.29) is 0 Å². The largest absolute Gasteiger partial charge is 0.268 e. The lowest BCUT2D eigenvalue weighted by Crippen LogP contribution is -2.30. The Bertz CT molecular complexity index is 445. The van der Waals surface area contributed by atoms with Crippen molar-refractivity contribution in [2.75, 3.05) is 0 Å². The molecule has 0 aliphatic rings. The van der Waals surface area contributed by atoms with Crippen molar-refractivity contribution in [2.45, 2.75) is 25.7 Å². The topological polar surface area (TPSA) is 17.8 Å². The number of benzene rings is 1. The Morgan fingerprint density at radius 3 is 2.86 bits per heavy atom. The van der Waals surface area contributed by atoms with Gasteiger partial charge in [-0.3, -0.25) is 4.68 Å². The molecule has 0 bridgehead atoms. The molecule has 0 spiro atoms. The normalized spacial score (nSPS) is 15.6. The fourth-order valence-corrected chi connectivity index (χ4v) is 1.53. The number of aromatic nitrogens is 2. The standard InChI is InChI=1S/C11H13BN2/c1-3-11(2,12)14-10-7-5-4-6-9(10)8-13-14/h4-8H,3H2,1-2H3. The van der Waals surface area contributed by atoms with Crippen LogP contribution in [-0.4, -0.2) is 17.6 Å². The van der Waals surface area contributed by atoms with E-state index in [0.717, 1.165) is 17.3 Å². The number of rotatable bonds is 2. The first-order valence-corrected chi connectivity index (χ1v) is 4.87. The number of nitrogens with zero attached hydrogens (tertiary/aromatic N) is 2. The fourth-order valence-electron chi connectivity index (χ4n) is 1.53. The molecule has 0 N–H and O–H groups in total. The molecule has 2 radical (unpaired) electrons. The molecule has 14 heavy (non-hydrogen) atoms. The van der Waals surface area contributed by atoms with Crippen LogP contribution in [0.15, 0.2) is 30.5 Å². The van der Waals surface area contributed by atoms with Crippen molar-refractivity contribution in [1.82, 2.24) is 9.78 Å². The van der Waals surface area contributed by atoms with E-state index in [1.807, 2.05) is 42.1 Å². The molecule has 2 nitrogen and oxygen atoms in total. The lowest BCUT2D eigenvalue weighted by atomic mass is 9.77. The summed E-state index contributed by atoms with van der Waals surface area (Å²) < 4.78 is 1.89. The fraction of sp³-hybridized carbons (Fsp3) is 0.364. The quantitative estimate of drug-likeness (QED) is 0.654. The van der Waals surface area contributed by atoms with Crippen LogP contribution in [0.5, 0.6) is 0 Å². The Hall–Kier alpha value is -1.25. The third-order valence-electron chi connectivity index (χ3n) is 2.68. The summed E-state index contributed by atoms with van der Waals surface area (Å²) in [5.74, 6) is 0. The van der Waals surface area contributed by atoms with E-state index in [9.17, 15) is 0 Å². The van der Waals surface area contributed by atoms with Gasteiger partial charge in [-0.05, 0) is 19.4 Å². The van der Waals surface area contributed by atoms with E-state index in [0.29, 0.717) is 0 Å². The molecule has 0 fully saturated rings. The molecule has 0 saturated carbocycles. The van der Waals surface area contributed by atoms with E-state index in [2.05, 4.69) is 12.0 Å². The minimum atomic E-state index is -0.400. The van der Waals surface area contributed by atoms with E-state index < -0.39 is 5.44 Å². The second-order valence-electron chi connectivity index (χ2n) is 3.83. The van der Waals surface area contributed by atoms with Crippen molar-refractivity contribution >= 4 is 18.7 Å². The molecule has 2 rings (SSSR count). The predicted octanol–water partition coefficient (Wildman–Crippen LogP) is 2.29. The minimum Gasteiger partial charge on any atom is -0.268 e. The Kier molecular flexibility index (Phi) is 2.10. The highest BCUT2D eigenvalue weighted by Crippen LogP contribution is 2.21. The minimum absolute atomic E-state index is 0.400. The van der Waals surface area contributed by atoms with Gasteiger partial charge in [0.25, 0.3) is 0 Å². The SMILES string of the molecule is [B]C(C)(CC)n1ncc2ccccc21. The molecule has 0 aliphatic carbocycles. The van der Waals surface area contributed by atoms with Gasteiger partial charge in [0.05, 0.1) is 11.7 Å². The Labute approximate surface area is 85.3 Å². The van der Waals surface area contributed by atoms with E-state index in [1.54, 1.807) is 0 Å². The third-order valence-corrected chi connectivity index (χ3v) is 2.68. The molecule has 0 aliphatic heterocycles. The van der Waals surface area contributed by atoms with Gasteiger partial charge < -0.3 is 0 Å². The number of hydrogen-bond acceptors (Lipinski definition) is 1. The molecule has 1 atom stereocenters. The number of fused-ring (bicyclic) bond motifs is 1. The predicted molar refractivity (Wildman–Crippen MR) is 59.4 cm³/mol. The van der Waals surface area contributed by atoms with E-state index >= 15 is 0 Å². The summed E-state index contributed by atoms with van der Waals surface area (Å²) in [5, 5.41) is 5.47. The molecule has 0 saturated heterocycles. The van der Waals surface area contributed by atoms with Crippen LogP contribution in [0.3, 0.4) is 0 Å². The summed E-state index contributed by atoms with van der Waals surface area (Å²) in [7, 11) is 6.15. The number of hydrogen-bond donors (Lipinski definition) is 0. The summed E-state index contributed by atoms with van der Waals surface area (Å²) in [5.41, 5.74) is 0.697. The van der Waals surface area contributed by atoms with E-state index in [1.165, 1.54) is 0 Å². The first-order valence-electron chi connectivity index (χ1n) is 4.87.